The van der Waals surface area contributed by atoms with Crippen molar-refractivity contribution in [3.63, 3.8) is 0 Å². The third-order valence-electron chi connectivity index (χ3n) is 7.04. The summed E-state index contributed by atoms with van der Waals surface area (Å²) in [4.78, 5) is 31.4. The highest BCUT2D eigenvalue weighted by molar-refractivity contribution is 6.04. The number of aryl methyl sites for hydroxylation is 1. The molecule has 6 heteroatoms. The molecule has 0 saturated carbocycles. The second-order valence-corrected chi connectivity index (χ2v) is 9.33. The molecule has 0 N–H and O–H groups in total. The molecular formula is C25H28N2O4. The van der Waals surface area contributed by atoms with Gasteiger partial charge in [0.15, 0.2) is 5.41 Å². The number of rotatable bonds is 1. The number of benzene rings is 2. The van der Waals surface area contributed by atoms with Crippen LogP contribution >= 0.6 is 0 Å². The van der Waals surface area contributed by atoms with Gasteiger partial charge in [0.1, 0.15) is 0 Å². The number of esters is 2. The summed E-state index contributed by atoms with van der Waals surface area (Å²) in [6, 6.07) is 13.9. The molecule has 0 radical (unpaired) electrons. The Kier molecular flexibility index (Phi) is 4.33. The third-order valence-corrected chi connectivity index (χ3v) is 7.04. The summed E-state index contributed by atoms with van der Waals surface area (Å²) >= 11 is 0. The molecule has 0 unspecified atom stereocenters. The highest BCUT2D eigenvalue weighted by atomic mass is 16.7. The fourth-order valence-corrected chi connectivity index (χ4v) is 5.30. The van der Waals surface area contributed by atoms with Gasteiger partial charge >= 0.3 is 11.9 Å². The maximum absolute atomic E-state index is 13.5. The van der Waals surface area contributed by atoms with E-state index < -0.39 is 23.1 Å². The molecule has 2 aromatic rings. The molecule has 1 atom stereocenters. The first-order chi connectivity index (χ1) is 14.7. The van der Waals surface area contributed by atoms with Gasteiger partial charge < -0.3 is 19.3 Å². The average Bonchev–Trinajstić information content (AvgIpc) is 2.73. The first-order valence-electron chi connectivity index (χ1n) is 10.9. The number of carbonyl (C=O) groups is 2. The Balaban J connectivity index is 1.61. The standard InChI is InChI=1S/C25H28N2O4/c1-16-8-7-11-19(17(16)2)26-12-13-27-20-10-6-5-9-18(20)14-25(21(27)15-26)22(28)30-24(3,4)31-23(25)29/h5-11,21H,12-15H2,1-4H3/t21-/m0/s1. The van der Waals surface area contributed by atoms with Crippen LogP contribution in [0.25, 0.3) is 0 Å². The van der Waals surface area contributed by atoms with E-state index in [-0.39, 0.29) is 6.04 Å². The van der Waals surface area contributed by atoms with Crippen molar-refractivity contribution in [3.8, 4) is 0 Å². The summed E-state index contributed by atoms with van der Waals surface area (Å²) in [5.41, 5.74) is 4.28. The Morgan fingerprint density at radius 1 is 0.903 bits per heavy atom. The first-order valence-corrected chi connectivity index (χ1v) is 10.9. The number of cyclic esters (lactones) is 2. The summed E-state index contributed by atoms with van der Waals surface area (Å²) in [7, 11) is 0. The molecule has 3 aliphatic heterocycles. The number of fused-ring (bicyclic) bond motifs is 4. The molecule has 162 valence electrons. The van der Waals surface area contributed by atoms with E-state index in [9.17, 15) is 9.59 Å². The number of hydrogen-bond acceptors (Lipinski definition) is 6. The van der Waals surface area contributed by atoms with Crippen LogP contribution in [0, 0.1) is 19.3 Å². The van der Waals surface area contributed by atoms with Crippen LogP contribution in [-0.2, 0) is 25.5 Å². The second kappa shape index (κ2) is 6.74. The normalized spacial score (nSPS) is 23.7. The minimum absolute atomic E-state index is 0.290. The van der Waals surface area contributed by atoms with Crippen molar-refractivity contribution in [1.29, 1.82) is 0 Å². The Hall–Kier alpha value is -3.02. The van der Waals surface area contributed by atoms with Gasteiger partial charge in [0.05, 0.1) is 6.04 Å². The lowest BCUT2D eigenvalue weighted by Gasteiger charge is -2.55. The highest BCUT2D eigenvalue weighted by Gasteiger charge is 2.64. The van der Waals surface area contributed by atoms with Gasteiger partial charge in [-0.15, -0.1) is 0 Å². The number of anilines is 2. The zero-order valence-electron chi connectivity index (χ0n) is 18.5. The molecule has 2 saturated heterocycles. The fraction of sp³-hybridized carbons (Fsp3) is 0.440. The largest absolute Gasteiger partial charge is 0.422 e. The molecule has 31 heavy (non-hydrogen) atoms. The molecule has 1 spiro atoms. The number of carbonyl (C=O) groups excluding carboxylic acids is 2. The predicted molar refractivity (Wildman–Crippen MR) is 118 cm³/mol. The molecule has 3 heterocycles. The van der Waals surface area contributed by atoms with E-state index in [4.69, 9.17) is 9.47 Å². The van der Waals surface area contributed by atoms with E-state index in [2.05, 4.69) is 47.9 Å². The minimum atomic E-state index is -1.37. The third kappa shape index (κ3) is 2.92. The Morgan fingerprint density at radius 3 is 2.32 bits per heavy atom. The van der Waals surface area contributed by atoms with E-state index in [0.717, 1.165) is 23.5 Å². The molecule has 6 nitrogen and oxygen atoms in total. The van der Waals surface area contributed by atoms with Crippen molar-refractivity contribution in [2.45, 2.75) is 45.9 Å². The van der Waals surface area contributed by atoms with E-state index >= 15 is 0 Å². The van der Waals surface area contributed by atoms with Crippen molar-refractivity contribution in [3.05, 3.63) is 59.2 Å². The summed E-state index contributed by atoms with van der Waals surface area (Å²) in [5.74, 6) is -2.22. The molecule has 5 rings (SSSR count). The van der Waals surface area contributed by atoms with E-state index in [1.165, 1.54) is 11.1 Å². The first kappa shape index (κ1) is 19.9. The maximum atomic E-state index is 13.5. The van der Waals surface area contributed by atoms with Gasteiger partial charge in [-0.3, -0.25) is 9.59 Å². The van der Waals surface area contributed by atoms with E-state index in [1.807, 2.05) is 18.2 Å². The van der Waals surface area contributed by atoms with Crippen molar-refractivity contribution in [1.82, 2.24) is 0 Å². The van der Waals surface area contributed by atoms with Crippen molar-refractivity contribution in [2.75, 3.05) is 29.4 Å². The predicted octanol–water partition coefficient (Wildman–Crippen LogP) is 3.38. The number of piperazine rings is 1. The summed E-state index contributed by atoms with van der Waals surface area (Å²) in [5, 5.41) is 0. The maximum Gasteiger partial charge on any atom is 0.329 e. The minimum Gasteiger partial charge on any atom is -0.422 e. The summed E-state index contributed by atoms with van der Waals surface area (Å²) in [6.07, 6.45) is 0.290. The number of nitrogens with zero attached hydrogens (tertiary/aromatic N) is 2. The Morgan fingerprint density at radius 2 is 1.58 bits per heavy atom. The van der Waals surface area contributed by atoms with Gasteiger partial charge in [0, 0.05) is 51.3 Å². The number of hydrogen-bond donors (Lipinski definition) is 0. The van der Waals surface area contributed by atoms with Gasteiger partial charge in [-0.25, -0.2) is 0 Å². The van der Waals surface area contributed by atoms with Crippen LogP contribution < -0.4 is 9.80 Å². The molecular weight excluding hydrogens is 392 g/mol. The smallest absolute Gasteiger partial charge is 0.329 e. The van der Waals surface area contributed by atoms with Crippen molar-refractivity contribution >= 4 is 23.3 Å². The second-order valence-electron chi connectivity index (χ2n) is 9.33. The molecule has 0 amide bonds. The Bertz CT molecular complexity index is 1060. The van der Waals surface area contributed by atoms with Gasteiger partial charge in [-0.2, -0.15) is 0 Å². The zero-order valence-corrected chi connectivity index (χ0v) is 18.5. The van der Waals surface area contributed by atoms with Crippen LogP contribution in [-0.4, -0.2) is 43.4 Å². The van der Waals surface area contributed by atoms with Gasteiger partial charge in [-0.1, -0.05) is 30.3 Å². The molecule has 0 aliphatic carbocycles. The van der Waals surface area contributed by atoms with Crippen molar-refractivity contribution in [2.24, 2.45) is 5.41 Å². The lowest BCUT2D eigenvalue weighted by atomic mass is 9.69. The summed E-state index contributed by atoms with van der Waals surface area (Å²) in [6.45, 7) is 9.49. The van der Waals surface area contributed by atoms with Gasteiger partial charge in [0.2, 0.25) is 0 Å². The topological polar surface area (TPSA) is 59.1 Å². The quantitative estimate of drug-likeness (QED) is 0.521. The van der Waals surface area contributed by atoms with Crippen LogP contribution in [0.2, 0.25) is 0 Å². The molecule has 2 aromatic carbocycles. The van der Waals surface area contributed by atoms with Crippen LogP contribution in [0.3, 0.4) is 0 Å². The van der Waals surface area contributed by atoms with Crippen molar-refractivity contribution < 1.29 is 19.1 Å². The highest BCUT2D eigenvalue weighted by Crippen LogP contribution is 2.48. The molecule has 0 bridgehead atoms. The van der Waals surface area contributed by atoms with E-state index in [1.54, 1.807) is 13.8 Å². The van der Waals surface area contributed by atoms with Gasteiger partial charge in [-0.05, 0) is 42.7 Å². The van der Waals surface area contributed by atoms with Crippen LogP contribution in [0.15, 0.2) is 42.5 Å². The van der Waals surface area contributed by atoms with Gasteiger partial charge in [0.25, 0.3) is 5.79 Å². The molecule has 3 aliphatic rings. The molecule has 2 fully saturated rings. The lowest BCUT2D eigenvalue weighted by Crippen LogP contribution is -2.71. The van der Waals surface area contributed by atoms with Crippen LogP contribution in [0.5, 0.6) is 0 Å². The average molecular weight is 421 g/mol. The SMILES string of the molecule is Cc1cccc(N2CCN3c4ccccc4CC4(C(=O)OC(C)(C)OC4=O)[C@@H]3C2)c1C. The summed E-state index contributed by atoms with van der Waals surface area (Å²) < 4.78 is 11.3. The lowest BCUT2D eigenvalue weighted by molar-refractivity contribution is -0.253. The molecule has 0 aromatic heterocycles. The monoisotopic (exact) mass is 420 g/mol. The Labute approximate surface area is 182 Å². The number of para-hydroxylation sites is 1. The van der Waals surface area contributed by atoms with Crippen LogP contribution in [0.4, 0.5) is 11.4 Å². The zero-order chi connectivity index (χ0) is 22.0. The fourth-order valence-electron chi connectivity index (χ4n) is 5.30. The number of ether oxygens (including phenoxy) is 2. The van der Waals surface area contributed by atoms with Crippen LogP contribution in [0.1, 0.15) is 30.5 Å². The van der Waals surface area contributed by atoms with E-state index in [0.29, 0.717) is 19.5 Å².